The molecule has 1 amide bonds. The van der Waals surface area contributed by atoms with Gasteiger partial charge in [-0.2, -0.15) is 0 Å². The zero-order valence-corrected chi connectivity index (χ0v) is 8.93. The van der Waals surface area contributed by atoms with E-state index in [1.165, 1.54) is 0 Å². The molecule has 0 unspecified atom stereocenters. The average Bonchev–Trinajstić information content (AvgIpc) is 2.16. The topological polar surface area (TPSA) is 29.1 Å². The molecule has 2 rings (SSSR count). The fourth-order valence-corrected chi connectivity index (χ4v) is 2.47. The third kappa shape index (κ3) is 1.95. The van der Waals surface area contributed by atoms with Gasteiger partial charge < -0.3 is 5.32 Å². The summed E-state index contributed by atoms with van der Waals surface area (Å²) in [7, 11) is 6.76. The molecule has 1 aromatic rings. The Bertz CT molecular complexity index is 356. The van der Waals surface area contributed by atoms with Crippen LogP contribution in [0.5, 0.6) is 0 Å². The second kappa shape index (κ2) is 3.82. The van der Waals surface area contributed by atoms with Crippen LogP contribution in [0.15, 0.2) is 28.0 Å². The fraction of sp³-hybridized carbons (Fsp3) is 0.125. The Kier molecular flexibility index (Phi) is 2.71. The largest absolute Gasteiger partial charge is 0.324 e. The summed E-state index contributed by atoms with van der Waals surface area (Å²) in [4.78, 5) is 13.1. The van der Waals surface area contributed by atoms with Crippen LogP contribution in [0.3, 0.4) is 0 Å². The molecule has 0 saturated heterocycles. The number of hydrogen-bond donors (Lipinski definition) is 1. The molecule has 0 atom stereocenters. The Morgan fingerprint density at radius 2 is 2.38 bits per heavy atom. The molecule has 0 bridgehead atoms. The molecule has 0 radical (unpaired) electrons. The smallest absolute Gasteiger partial charge is 0.234 e. The van der Waals surface area contributed by atoms with Crippen molar-refractivity contribution < 1.29 is 4.79 Å². The molecule has 0 fully saturated rings. The lowest BCUT2D eigenvalue weighted by atomic mass is 10.3. The minimum absolute atomic E-state index is 0.0502. The van der Waals surface area contributed by atoms with Crippen molar-refractivity contribution in [3.63, 3.8) is 0 Å². The summed E-state index contributed by atoms with van der Waals surface area (Å²) >= 11 is 1.55. The van der Waals surface area contributed by atoms with Gasteiger partial charge in [-0.25, -0.2) is 0 Å². The normalized spacial score (nSPS) is 15.0. The number of amides is 1. The predicted molar refractivity (Wildman–Crippen MR) is 57.5 cm³/mol. The van der Waals surface area contributed by atoms with E-state index in [4.69, 9.17) is 10.7 Å². The summed E-state index contributed by atoms with van der Waals surface area (Å²) in [6.45, 7) is 0. The van der Waals surface area contributed by atoms with Crippen LogP contribution >= 0.6 is 33.4 Å². The van der Waals surface area contributed by atoms with Crippen LogP contribution in [0.1, 0.15) is 0 Å². The van der Waals surface area contributed by atoms with Gasteiger partial charge in [0.2, 0.25) is 5.91 Å². The number of carbonyl (C=O) groups is 1. The van der Waals surface area contributed by atoms with Gasteiger partial charge in [0, 0.05) is 9.79 Å². The number of anilines is 1. The molecule has 1 N–H and O–H groups in total. The Labute approximate surface area is 88.9 Å². The highest BCUT2D eigenvalue weighted by atomic mass is 35.7. The van der Waals surface area contributed by atoms with E-state index in [0.29, 0.717) is 5.75 Å². The Hall–Kier alpha value is -0.320. The molecule has 0 saturated carbocycles. The molecular weight excluding hydrogens is 226 g/mol. The Morgan fingerprint density at radius 3 is 3.15 bits per heavy atom. The maximum absolute atomic E-state index is 11.1. The number of carbonyl (C=O) groups excluding carboxylic acids is 1. The molecular formula is C8H6ClNOS2. The van der Waals surface area contributed by atoms with E-state index in [-0.39, 0.29) is 5.91 Å². The number of halogens is 1. The van der Waals surface area contributed by atoms with E-state index in [2.05, 4.69) is 5.32 Å². The first-order chi connectivity index (χ1) is 6.29. The summed E-state index contributed by atoms with van der Waals surface area (Å²) < 4.78 is 0. The summed E-state index contributed by atoms with van der Waals surface area (Å²) in [6, 6.07) is 5.81. The molecule has 0 spiro atoms. The molecule has 5 heteroatoms. The number of thioether (sulfide) groups is 1. The summed E-state index contributed by atoms with van der Waals surface area (Å²) in [5, 5.41) is 2.80. The van der Waals surface area contributed by atoms with Crippen molar-refractivity contribution in [2.24, 2.45) is 0 Å². The molecule has 0 aliphatic carbocycles. The molecule has 2 nitrogen and oxygen atoms in total. The number of benzene rings is 1. The van der Waals surface area contributed by atoms with Crippen LogP contribution in [0.4, 0.5) is 5.69 Å². The van der Waals surface area contributed by atoms with Crippen molar-refractivity contribution in [1.29, 1.82) is 0 Å². The number of rotatable bonds is 1. The highest BCUT2D eigenvalue weighted by Gasteiger charge is 2.14. The third-order valence-corrected chi connectivity index (χ3v) is 3.71. The van der Waals surface area contributed by atoms with Crippen molar-refractivity contribution in [2.45, 2.75) is 9.79 Å². The van der Waals surface area contributed by atoms with E-state index in [1.807, 2.05) is 18.2 Å². The second-order valence-corrected chi connectivity index (χ2v) is 4.68. The van der Waals surface area contributed by atoms with Crippen LogP contribution in [-0.4, -0.2) is 11.7 Å². The molecule has 68 valence electrons. The Balaban J connectivity index is 2.38. The Morgan fingerprint density at radius 1 is 1.54 bits per heavy atom. The predicted octanol–water partition coefficient (Wildman–Crippen LogP) is 2.98. The first-order valence-corrected chi connectivity index (χ1v) is 6.28. The van der Waals surface area contributed by atoms with Crippen molar-refractivity contribution in [3.05, 3.63) is 18.2 Å². The lowest BCUT2D eigenvalue weighted by Gasteiger charge is -2.16. The minimum atomic E-state index is 0.0502. The summed E-state index contributed by atoms with van der Waals surface area (Å²) in [5.74, 6) is 0.551. The van der Waals surface area contributed by atoms with Crippen molar-refractivity contribution >= 4 is 45.0 Å². The number of nitrogens with one attached hydrogen (secondary N) is 1. The van der Waals surface area contributed by atoms with Gasteiger partial charge in [-0.1, -0.05) is 0 Å². The van der Waals surface area contributed by atoms with Crippen LogP contribution in [-0.2, 0) is 4.79 Å². The van der Waals surface area contributed by atoms with Gasteiger partial charge in [-0.3, -0.25) is 4.79 Å². The first kappa shape index (κ1) is 9.24. The molecule has 1 heterocycles. The van der Waals surface area contributed by atoms with Gasteiger partial charge in [0.15, 0.2) is 0 Å². The third-order valence-electron chi connectivity index (χ3n) is 1.67. The zero-order valence-electron chi connectivity index (χ0n) is 6.54. The van der Waals surface area contributed by atoms with Crippen LogP contribution in [0.2, 0.25) is 0 Å². The quantitative estimate of drug-likeness (QED) is 0.806. The van der Waals surface area contributed by atoms with Gasteiger partial charge in [-0.05, 0) is 39.9 Å². The maximum Gasteiger partial charge on any atom is 0.234 e. The summed E-state index contributed by atoms with van der Waals surface area (Å²) in [6.07, 6.45) is 0. The monoisotopic (exact) mass is 231 g/mol. The van der Waals surface area contributed by atoms with E-state index in [1.54, 1.807) is 11.8 Å². The van der Waals surface area contributed by atoms with Gasteiger partial charge in [0.05, 0.1) is 11.4 Å². The SMILES string of the molecule is O=C1CSc2ccc(SCl)cc2N1. The zero-order chi connectivity index (χ0) is 9.26. The van der Waals surface area contributed by atoms with Gasteiger partial charge in [-0.15, -0.1) is 11.8 Å². The summed E-state index contributed by atoms with van der Waals surface area (Å²) in [5.41, 5.74) is 0.868. The highest BCUT2D eigenvalue weighted by Crippen LogP contribution is 2.35. The van der Waals surface area contributed by atoms with Crippen molar-refractivity contribution in [2.75, 3.05) is 11.1 Å². The van der Waals surface area contributed by atoms with E-state index >= 15 is 0 Å². The maximum atomic E-state index is 11.1. The number of fused-ring (bicyclic) bond motifs is 1. The second-order valence-electron chi connectivity index (χ2n) is 2.57. The van der Waals surface area contributed by atoms with Crippen molar-refractivity contribution in [1.82, 2.24) is 0 Å². The minimum Gasteiger partial charge on any atom is -0.324 e. The van der Waals surface area contributed by atoms with Crippen LogP contribution in [0, 0.1) is 0 Å². The molecule has 1 aliphatic rings. The number of hydrogen-bond acceptors (Lipinski definition) is 3. The molecule has 13 heavy (non-hydrogen) atoms. The molecule has 0 aromatic heterocycles. The van der Waals surface area contributed by atoms with Crippen LogP contribution in [0.25, 0.3) is 0 Å². The lowest BCUT2D eigenvalue weighted by molar-refractivity contribution is -0.113. The molecule has 1 aromatic carbocycles. The van der Waals surface area contributed by atoms with Crippen LogP contribution < -0.4 is 5.32 Å². The lowest BCUT2D eigenvalue weighted by Crippen LogP contribution is -2.18. The van der Waals surface area contributed by atoms with Gasteiger partial charge in [0.1, 0.15) is 0 Å². The fourth-order valence-electron chi connectivity index (χ4n) is 1.11. The van der Waals surface area contributed by atoms with E-state index in [0.717, 1.165) is 26.5 Å². The standard InChI is InChI=1S/C8H6ClNOS2/c9-13-5-1-2-7-6(3-5)10-8(11)4-12-7/h1-3H,4H2,(H,10,11). The van der Waals surface area contributed by atoms with Crippen molar-refractivity contribution in [3.8, 4) is 0 Å². The first-order valence-electron chi connectivity index (χ1n) is 3.65. The highest BCUT2D eigenvalue weighted by molar-refractivity contribution is 8.21. The average molecular weight is 232 g/mol. The van der Waals surface area contributed by atoms with E-state index in [9.17, 15) is 4.79 Å². The van der Waals surface area contributed by atoms with Gasteiger partial charge in [0.25, 0.3) is 0 Å². The van der Waals surface area contributed by atoms with E-state index < -0.39 is 0 Å². The molecule has 1 aliphatic heterocycles. The van der Waals surface area contributed by atoms with Gasteiger partial charge >= 0.3 is 0 Å².